The summed E-state index contributed by atoms with van der Waals surface area (Å²) < 4.78 is 0. The lowest BCUT2D eigenvalue weighted by Crippen LogP contribution is -1.90. The summed E-state index contributed by atoms with van der Waals surface area (Å²) in [4.78, 5) is 29.7. The predicted molar refractivity (Wildman–Crippen MR) is 81.4 cm³/mol. The SMILES string of the molecule is Nc1n[nH]c(=O)s1.Nc1n[nH]c(=O)s1.Nc1n[nH]c(=O)s1. The van der Waals surface area contributed by atoms with Crippen LogP contribution in [-0.2, 0) is 0 Å². The Balaban J connectivity index is 0.000000157. The van der Waals surface area contributed by atoms with E-state index >= 15 is 0 Å². The molecule has 0 aliphatic carbocycles. The Kier molecular flexibility index (Phi) is 6.24. The van der Waals surface area contributed by atoms with Crippen molar-refractivity contribution in [1.29, 1.82) is 0 Å². The molecule has 3 aromatic rings. The molecule has 0 aromatic carbocycles. The van der Waals surface area contributed by atoms with Crippen LogP contribution in [0, 0.1) is 0 Å². The lowest BCUT2D eigenvalue weighted by molar-refractivity contribution is 1.06. The van der Waals surface area contributed by atoms with Gasteiger partial charge in [-0.3, -0.25) is 14.4 Å². The van der Waals surface area contributed by atoms with E-state index in [0.29, 0.717) is 0 Å². The van der Waals surface area contributed by atoms with Crippen LogP contribution in [-0.4, -0.2) is 30.6 Å². The van der Waals surface area contributed by atoms with Crippen molar-refractivity contribution >= 4 is 49.4 Å². The van der Waals surface area contributed by atoms with Crippen LogP contribution < -0.4 is 31.8 Å². The highest BCUT2D eigenvalue weighted by Gasteiger charge is 1.87. The molecule has 3 aromatic heterocycles. The molecule has 0 spiro atoms. The fourth-order valence-electron chi connectivity index (χ4n) is 0.724. The molecular weight excluding hydrogens is 342 g/mol. The van der Waals surface area contributed by atoms with Gasteiger partial charge in [0.15, 0.2) is 0 Å². The number of anilines is 3. The molecular formula is C6H9N9O3S3. The van der Waals surface area contributed by atoms with Crippen molar-refractivity contribution in [2.24, 2.45) is 0 Å². The molecule has 0 saturated carbocycles. The summed E-state index contributed by atoms with van der Waals surface area (Å²) in [6.45, 7) is 0. The van der Waals surface area contributed by atoms with E-state index in [9.17, 15) is 14.4 Å². The van der Waals surface area contributed by atoms with Gasteiger partial charge in [-0.1, -0.05) is 0 Å². The molecule has 3 heterocycles. The average molecular weight is 351 g/mol. The quantitative estimate of drug-likeness (QED) is 0.270. The molecule has 0 amide bonds. The Morgan fingerprint density at radius 2 is 0.857 bits per heavy atom. The van der Waals surface area contributed by atoms with Crippen LogP contribution in [0.15, 0.2) is 14.4 Å². The van der Waals surface area contributed by atoms with Crippen molar-refractivity contribution in [3.8, 4) is 0 Å². The summed E-state index contributed by atoms with van der Waals surface area (Å²) in [5.41, 5.74) is 15.2. The first-order chi connectivity index (χ1) is 9.86. The second-order valence-electron chi connectivity index (χ2n) is 2.85. The summed E-state index contributed by atoms with van der Waals surface area (Å²) in [6.07, 6.45) is 0. The standard InChI is InChI=1S/3C2H3N3OS/c3*3-1-4-5-2(6)7-1/h3*(H2,3,4)(H,5,6). The van der Waals surface area contributed by atoms with Crippen molar-refractivity contribution in [3.05, 3.63) is 29.0 Å². The van der Waals surface area contributed by atoms with E-state index in [4.69, 9.17) is 17.2 Å². The molecule has 0 aliphatic heterocycles. The van der Waals surface area contributed by atoms with Crippen LogP contribution in [0.4, 0.5) is 15.4 Å². The van der Waals surface area contributed by atoms with Crippen LogP contribution in [0.1, 0.15) is 0 Å². The monoisotopic (exact) mass is 351 g/mol. The maximum atomic E-state index is 10.1. The summed E-state index contributed by atoms with van der Waals surface area (Å²) in [5.74, 6) is 0. The Labute approximate surface area is 126 Å². The van der Waals surface area contributed by atoms with Crippen LogP contribution in [0.5, 0.6) is 0 Å². The number of nitrogens with two attached hydrogens (primary N) is 3. The van der Waals surface area contributed by atoms with Crippen molar-refractivity contribution in [2.75, 3.05) is 17.2 Å². The van der Waals surface area contributed by atoms with Gasteiger partial charge in [-0.25, -0.2) is 15.3 Å². The number of nitrogen functional groups attached to an aromatic ring is 3. The van der Waals surface area contributed by atoms with E-state index < -0.39 is 0 Å². The third-order valence-electron chi connectivity index (χ3n) is 1.36. The molecule has 114 valence electrons. The van der Waals surface area contributed by atoms with Crippen molar-refractivity contribution < 1.29 is 0 Å². The first-order valence-corrected chi connectivity index (χ1v) is 7.24. The Morgan fingerprint density at radius 1 is 0.619 bits per heavy atom. The molecule has 0 aliphatic rings. The fraction of sp³-hybridized carbons (Fsp3) is 0. The minimum atomic E-state index is -0.211. The molecule has 15 heteroatoms. The Hall–Kier alpha value is -2.52. The lowest BCUT2D eigenvalue weighted by Gasteiger charge is -1.65. The number of aromatic nitrogens is 6. The Morgan fingerprint density at radius 3 is 0.905 bits per heavy atom. The topological polar surface area (TPSA) is 215 Å². The molecule has 0 bridgehead atoms. The smallest absolute Gasteiger partial charge is 0.324 e. The van der Waals surface area contributed by atoms with Gasteiger partial charge in [0.1, 0.15) is 0 Å². The highest BCUT2D eigenvalue weighted by atomic mass is 32.1. The van der Waals surface area contributed by atoms with Gasteiger partial charge in [-0.2, -0.15) is 0 Å². The zero-order chi connectivity index (χ0) is 15.8. The first-order valence-electron chi connectivity index (χ1n) is 4.79. The van der Waals surface area contributed by atoms with Gasteiger partial charge in [0.05, 0.1) is 0 Å². The number of rotatable bonds is 0. The third kappa shape index (κ3) is 6.99. The van der Waals surface area contributed by atoms with E-state index in [0.717, 1.165) is 34.0 Å². The van der Waals surface area contributed by atoms with Crippen molar-refractivity contribution in [2.45, 2.75) is 0 Å². The van der Waals surface area contributed by atoms with Gasteiger partial charge in [-0.05, 0) is 34.0 Å². The molecule has 12 nitrogen and oxygen atoms in total. The van der Waals surface area contributed by atoms with Gasteiger partial charge in [0, 0.05) is 0 Å². The summed E-state index contributed by atoms with van der Waals surface area (Å²) in [5, 5.41) is 17.4. The second-order valence-corrected chi connectivity index (χ2v) is 5.83. The second kappa shape index (κ2) is 7.92. The van der Waals surface area contributed by atoms with Gasteiger partial charge in [0.25, 0.3) is 0 Å². The van der Waals surface area contributed by atoms with Crippen molar-refractivity contribution in [1.82, 2.24) is 30.6 Å². The molecule has 0 unspecified atom stereocenters. The highest BCUT2D eigenvalue weighted by molar-refractivity contribution is 7.13. The maximum absolute atomic E-state index is 10.1. The van der Waals surface area contributed by atoms with Crippen LogP contribution >= 0.6 is 34.0 Å². The van der Waals surface area contributed by atoms with Gasteiger partial charge in [-0.15, -0.1) is 15.3 Å². The molecule has 0 atom stereocenters. The lowest BCUT2D eigenvalue weighted by atomic mass is 11.3. The van der Waals surface area contributed by atoms with E-state index in [1.807, 2.05) is 0 Å². The normalized spacial score (nSPS) is 9.14. The van der Waals surface area contributed by atoms with E-state index in [2.05, 4.69) is 30.6 Å². The van der Waals surface area contributed by atoms with Crippen LogP contribution in [0.3, 0.4) is 0 Å². The number of H-pyrrole nitrogens is 3. The molecule has 21 heavy (non-hydrogen) atoms. The van der Waals surface area contributed by atoms with Crippen molar-refractivity contribution in [3.63, 3.8) is 0 Å². The number of hydrogen-bond acceptors (Lipinski definition) is 12. The number of aromatic amines is 3. The zero-order valence-electron chi connectivity index (χ0n) is 10.0. The minimum Gasteiger partial charge on any atom is -0.374 e. The zero-order valence-corrected chi connectivity index (χ0v) is 12.5. The average Bonchev–Trinajstić information content (AvgIpc) is 3.06. The van der Waals surface area contributed by atoms with E-state index in [-0.39, 0.29) is 30.0 Å². The fourth-order valence-corrected chi connectivity index (χ4v) is 1.84. The summed E-state index contributed by atoms with van der Waals surface area (Å²) >= 11 is 2.69. The van der Waals surface area contributed by atoms with Crippen LogP contribution in [0.25, 0.3) is 0 Å². The number of nitrogens with one attached hydrogen (secondary N) is 3. The molecule has 3 rings (SSSR count). The molecule has 0 fully saturated rings. The van der Waals surface area contributed by atoms with E-state index in [1.165, 1.54) is 0 Å². The summed E-state index contributed by atoms with van der Waals surface area (Å²) in [7, 11) is 0. The molecule has 0 radical (unpaired) electrons. The number of nitrogens with zero attached hydrogens (tertiary/aromatic N) is 3. The maximum Gasteiger partial charge on any atom is 0.324 e. The summed E-state index contributed by atoms with van der Waals surface area (Å²) in [6, 6.07) is 0. The predicted octanol–water partition coefficient (Wildman–Crippen LogP) is -1.76. The first kappa shape index (κ1) is 16.5. The molecule has 9 N–H and O–H groups in total. The third-order valence-corrected chi connectivity index (χ3v) is 3.10. The van der Waals surface area contributed by atoms with Gasteiger partial charge in [0.2, 0.25) is 15.4 Å². The van der Waals surface area contributed by atoms with E-state index in [1.54, 1.807) is 0 Å². The largest absolute Gasteiger partial charge is 0.374 e. The van der Waals surface area contributed by atoms with Gasteiger partial charge >= 0.3 is 14.6 Å². The van der Waals surface area contributed by atoms with Gasteiger partial charge < -0.3 is 17.2 Å². The Bertz CT molecular complexity index is 712. The minimum absolute atomic E-state index is 0.211. The highest BCUT2D eigenvalue weighted by Crippen LogP contribution is 1.93. The van der Waals surface area contributed by atoms with Crippen LogP contribution in [0.2, 0.25) is 0 Å². The molecule has 0 saturated heterocycles. The number of hydrogen-bond donors (Lipinski definition) is 6.